The molecule has 1 saturated heterocycles. The number of piperidine rings is 1. The van der Waals surface area contributed by atoms with Gasteiger partial charge in [-0.15, -0.1) is 0 Å². The van der Waals surface area contributed by atoms with Gasteiger partial charge >= 0.3 is 0 Å². The van der Waals surface area contributed by atoms with Crippen molar-refractivity contribution in [3.05, 3.63) is 11.2 Å². The maximum Gasteiger partial charge on any atom is 0.256 e. The molecule has 1 N–H and O–H groups in total. The third kappa shape index (κ3) is 3.41. The molecule has 1 aromatic heterocycles. The second-order valence-electron chi connectivity index (χ2n) is 4.93. The number of aliphatic hydroxyl groups excluding tert-OH is 1. The smallest absolute Gasteiger partial charge is 0.256 e. The minimum Gasteiger partial charge on any atom is -0.396 e. The Bertz CT molecular complexity index is 642. The molecule has 1 unspecified atom stereocenters. The number of hydrogen-bond donors (Lipinski definition) is 1. The van der Waals surface area contributed by atoms with E-state index >= 15 is 0 Å². The minimum absolute atomic E-state index is 0.00813. The Morgan fingerprint density at radius 3 is 2.81 bits per heavy atom. The number of halogens is 3. The Labute approximate surface area is 125 Å². The number of nitrogens with zero attached hydrogens (tertiary/aromatic N) is 3. The van der Waals surface area contributed by atoms with Crippen LogP contribution < -0.4 is 4.90 Å². The van der Waals surface area contributed by atoms with E-state index < -0.39 is 34.7 Å². The van der Waals surface area contributed by atoms with E-state index in [1.54, 1.807) is 0 Å². The van der Waals surface area contributed by atoms with Crippen LogP contribution in [0.25, 0.3) is 0 Å². The van der Waals surface area contributed by atoms with Crippen molar-refractivity contribution in [2.75, 3.05) is 30.9 Å². The molecule has 1 fully saturated rings. The predicted molar refractivity (Wildman–Crippen MR) is 72.5 cm³/mol. The first kappa shape index (κ1) is 16.3. The summed E-state index contributed by atoms with van der Waals surface area (Å²) < 4.78 is 50.2. The third-order valence-electron chi connectivity index (χ3n) is 3.31. The van der Waals surface area contributed by atoms with E-state index in [0.717, 1.165) is 12.5 Å². The highest BCUT2D eigenvalue weighted by atomic mass is 35.5. The van der Waals surface area contributed by atoms with Crippen LogP contribution in [-0.2, 0) is 9.84 Å². The van der Waals surface area contributed by atoms with E-state index in [2.05, 4.69) is 9.97 Å². The van der Waals surface area contributed by atoms with Crippen molar-refractivity contribution in [2.24, 2.45) is 5.92 Å². The van der Waals surface area contributed by atoms with Gasteiger partial charge in [-0.2, -0.15) is 4.98 Å². The third-order valence-corrected chi connectivity index (χ3v) is 4.71. The van der Waals surface area contributed by atoms with Gasteiger partial charge in [-0.25, -0.2) is 22.2 Å². The van der Waals surface area contributed by atoms with Crippen LogP contribution in [0.4, 0.5) is 14.7 Å². The number of sulfone groups is 1. The summed E-state index contributed by atoms with van der Waals surface area (Å²) in [5.74, 6) is -4.20. The maximum absolute atomic E-state index is 13.5. The molecule has 0 aromatic carbocycles. The summed E-state index contributed by atoms with van der Waals surface area (Å²) in [6, 6.07) is 0. The van der Waals surface area contributed by atoms with E-state index in [0.29, 0.717) is 0 Å². The van der Waals surface area contributed by atoms with Crippen LogP contribution in [-0.4, -0.2) is 55.4 Å². The van der Waals surface area contributed by atoms with E-state index in [9.17, 15) is 17.2 Å². The fourth-order valence-electron chi connectivity index (χ4n) is 2.11. The van der Waals surface area contributed by atoms with Crippen molar-refractivity contribution in [2.45, 2.75) is 17.4 Å². The summed E-state index contributed by atoms with van der Waals surface area (Å²) in [5.41, 5.74) is 0. The average molecular weight is 342 g/mol. The molecular formula is C11H14ClF2N3O3S. The quantitative estimate of drug-likeness (QED) is 0.825. The van der Waals surface area contributed by atoms with Crippen LogP contribution in [0.5, 0.6) is 0 Å². The summed E-state index contributed by atoms with van der Waals surface area (Å²) in [6.07, 6.45) is 1.62. The van der Waals surface area contributed by atoms with Gasteiger partial charge in [-0.1, -0.05) is 11.6 Å². The number of alkyl halides is 2. The zero-order chi connectivity index (χ0) is 15.8. The summed E-state index contributed by atoms with van der Waals surface area (Å²) in [5, 5.41) is 8.59. The number of anilines is 1. The van der Waals surface area contributed by atoms with Crippen LogP contribution >= 0.6 is 11.6 Å². The Hall–Kier alpha value is -1.06. The molecule has 0 spiro atoms. The van der Waals surface area contributed by atoms with Crippen LogP contribution in [0.1, 0.15) is 6.42 Å². The number of hydrogen-bond acceptors (Lipinski definition) is 6. The van der Waals surface area contributed by atoms with E-state index in [1.807, 2.05) is 0 Å². The van der Waals surface area contributed by atoms with Crippen LogP contribution in [0.2, 0.25) is 5.02 Å². The molecule has 0 saturated carbocycles. The first-order valence-electron chi connectivity index (χ1n) is 6.11. The highest BCUT2D eigenvalue weighted by Crippen LogP contribution is 2.34. The number of rotatable bonds is 3. The van der Waals surface area contributed by atoms with E-state index in [4.69, 9.17) is 16.7 Å². The molecule has 10 heteroatoms. The lowest BCUT2D eigenvalue weighted by molar-refractivity contribution is -0.0881. The highest BCUT2D eigenvalue weighted by Gasteiger charge is 2.44. The standard InChI is InChI=1S/C11H14ClF2N3O3S/c1-21(19,20)9-8(12)4-15-10(16-9)17-3-2-11(13,14)7(5-17)6-18/h4,7,18H,2-3,5-6H2,1H3. The topological polar surface area (TPSA) is 83.4 Å². The van der Waals surface area contributed by atoms with Crippen molar-refractivity contribution in [3.8, 4) is 0 Å². The maximum atomic E-state index is 13.5. The first-order valence-corrected chi connectivity index (χ1v) is 8.38. The molecule has 0 radical (unpaired) electrons. The Balaban J connectivity index is 2.32. The molecule has 0 bridgehead atoms. The molecule has 1 aromatic rings. The molecule has 0 aliphatic carbocycles. The van der Waals surface area contributed by atoms with Gasteiger partial charge in [0.05, 0.1) is 23.7 Å². The Morgan fingerprint density at radius 2 is 2.24 bits per heavy atom. The molecule has 2 heterocycles. The van der Waals surface area contributed by atoms with Gasteiger partial charge in [0, 0.05) is 25.8 Å². The summed E-state index contributed by atoms with van der Waals surface area (Å²) in [7, 11) is -3.64. The van der Waals surface area contributed by atoms with Gasteiger partial charge in [0.2, 0.25) is 5.95 Å². The lowest BCUT2D eigenvalue weighted by Gasteiger charge is -2.37. The molecule has 2 rings (SSSR count). The molecule has 118 valence electrons. The van der Waals surface area contributed by atoms with Gasteiger partial charge in [-0.05, 0) is 0 Å². The number of aliphatic hydroxyl groups is 1. The van der Waals surface area contributed by atoms with Gasteiger partial charge in [0.1, 0.15) is 0 Å². The van der Waals surface area contributed by atoms with Crippen LogP contribution in [0, 0.1) is 5.92 Å². The molecule has 21 heavy (non-hydrogen) atoms. The summed E-state index contributed by atoms with van der Waals surface area (Å²) >= 11 is 5.74. The van der Waals surface area contributed by atoms with E-state index in [1.165, 1.54) is 4.90 Å². The van der Waals surface area contributed by atoms with Crippen molar-refractivity contribution < 1.29 is 22.3 Å². The van der Waals surface area contributed by atoms with Crippen molar-refractivity contribution in [1.29, 1.82) is 0 Å². The lowest BCUT2D eigenvalue weighted by atomic mass is 9.94. The Kier molecular flexibility index (Phi) is 4.36. The normalized spacial score (nSPS) is 22.3. The monoisotopic (exact) mass is 341 g/mol. The predicted octanol–water partition coefficient (Wildman–Crippen LogP) is 0.987. The minimum atomic E-state index is -3.64. The van der Waals surface area contributed by atoms with Crippen LogP contribution in [0.3, 0.4) is 0 Å². The lowest BCUT2D eigenvalue weighted by Crippen LogP contribution is -2.49. The SMILES string of the molecule is CS(=O)(=O)c1nc(N2CCC(F)(F)C(CO)C2)ncc1Cl. The summed E-state index contributed by atoms with van der Waals surface area (Å²) in [6.45, 7) is -0.862. The van der Waals surface area contributed by atoms with Gasteiger partial charge in [0.15, 0.2) is 14.9 Å². The van der Waals surface area contributed by atoms with Crippen molar-refractivity contribution in [1.82, 2.24) is 9.97 Å². The second-order valence-corrected chi connectivity index (χ2v) is 7.27. The van der Waals surface area contributed by atoms with E-state index in [-0.39, 0.29) is 29.1 Å². The van der Waals surface area contributed by atoms with Gasteiger partial charge < -0.3 is 10.0 Å². The fourth-order valence-corrected chi connectivity index (χ4v) is 3.27. The zero-order valence-corrected chi connectivity index (χ0v) is 12.7. The van der Waals surface area contributed by atoms with Gasteiger partial charge in [0.25, 0.3) is 5.92 Å². The van der Waals surface area contributed by atoms with Crippen molar-refractivity contribution in [3.63, 3.8) is 0 Å². The highest BCUT2D eigenvalue weighted by molar-refractivity contribution is 7.90. The fraction of sp³-hybridized carbons (Fsp3) is 0.636. The second kappa shape index (κ2) is 5.62. The molecule has 1 aliphatic rings. The molecule has 0 amide bonds. The van der Waals surface area contributed by atoms with Gasteiger partial charge in [-0.3, -0.25) is 0 Å². The summed E-state index contributed by atoms with van der Waals surface area (Å²) in [4.78, 5) is 9.16. The molecule has 6 nitrogen and oxygen atoms in total. The van der Waals surface area contributed by atoms with Crippen LogP contribution in [0.15, 0.2) is 11.2 Å². The average Bonchev–Trinajstić information content (AvgIpc) is 2.38. The largest absolute Gasteiger partial charge is 0.396 e. The zero-order valence-electron chi connectivity index (χ0n) is 11.1. The molecule has 1 aliphatic heterocycles. The molecule has 1 atom stereocenters. The van der Waals surface area contributed by atoms with Crippen molar-refractivity contribution >= 4 is 27.4 Å². The number of aromatic nitrogens is 2. The first-order chi connectivity index (χ1) is 9.65. The Morgan fingerprint density at radius 1 is 1.57 bits per heavy atom. The molecular weight excluding hydrogens is 328 g/mol.